The molecule has 0 aliphatic heterocycles. The highest BCUT2D eigenvalue weighted by Crippen LogP contribution is 2.33. The maximum absolute atomic E-state index is 11.9. The van der Waals surface area contributed by atoms with Crippen LogP contribution in [-0.2, 0) is 4.79 Å². The average molecular weight is 287 g/mol. The maximum Gasteiger partial charge on any atom is 0.260 e. The summed E-state index contributed by atoms with van der Waals surface area (Å²) >= 11 is 0. The number of hydrogen-bond acceptors (Lipinski definition) is 3. The maximum atomic E-state index is 11.9. The number of benzene rings is 2. The summed E-state index contributed by atoms with van der Waals surface area (Å²) < 4.78 is 5.75. The molecule has 0 aliphatic carbocycles. The molecule has 1 N–H and O–H groups in total. The largest absolute Gasteiger partial charge is 0.483 e. The minimum atomic E-state index is -0.649. The molecule has 2 rings (SSSR count). The van der Waals surface area contributed by atoms with Crippen LogP contribution < -0.4 is 4.74 Å². The molecular formula is C17H21NO3. The summed E-state index contributed by atoms with van der Waals surface area (Å²) in [4.78, 5) is 13.5. The predicted molar refractivity (Wildman–Crippen MR) is 83.4 cm³/mol. The number of rotatable bonds is 5. The highest BCUT2D eigenvalue weighted by molar-refractivity contribution is 5.90. The molecule has 0 heterocycles. The van der Waals surface area contributed by atoms with Crippen molar-refractivity contribution in [3.8, 4) is 5.75 Å². The van der Waals surface area contributed by atoms with Crippen molar-refractivity contribution in [3.05, 3.63) is 42.0 Å². The second-order valence-electron chi connectivity index (χ2n) is 5.08. The Morgan fingerprint density at radius 2 is 2.00 bits per heavy atom. The second-order valence-corrected chi connectivity index (χ2v) is 5.08. The summed E-state index contributed by atoms with van der Waals surface area (Å²) in [5.41, 5.74) is 0.695. The first-order chi connectivity index (χ1) is 10.0. The number of amides is 1. The first-order valence-corrected chi connectivity index (χ1v) is 7.11. The van der Waals surface area contributed by atoms with Crippen molar-refractivity contribution in [1.82, 2.24) is 4.90 Å². The van der Waals surface area contributed by atoms with Crippen LogP contribution in [0.4, 0.5) is 0 Å². The zero-order valence-corrected chi connectivity index (χ0v) is 12.7. The molecule has 0 saturated carbocycles. The molecule has 0 spiro atoms. The van der Waals surface area contributed by atoms with Gasteiger partial charge in [0.2, 0.25) is 0 Å². The number of aliphatic hydroxyl groups excluding tert-OH is 1. The summed E-state index contributed by atoms with van der Waals surface area (Å²) in [6.45, 7) is 4.22. The summed E-state index contributed by atoms with van der Waals surface area (Å²) in [6.07, 6.45) is -0.649. The Kier molecular flexibility index (Phi) is 4.81. The molecule has 21 heavy (non-hydrogen) atoms. The van der Waals surface area contributed by atoms with Gasteiger partial charge >= 0.3 is 0 Å². The monoisotopic (exact) mass is 287 g/mol. The van der Waals surface area contributed by atoms with E-state index in [9.17, 15) is 9.90 Å². The number of carbonyl (C=O) groups excluding carboxylic acids is 1. The van der Waals surface area contributed by atoms with E-state index in [2.05, 4.69) is 0 Å². The molecular weight excluding hydrogens is 266 g/mol. The van der Waals surface area contributed by atoms with Crippen LogP contribution in [0, 0.1) is 0 Å². The number of fused-ring (bicyclic) bond motifs is 1. The van der Waals surface area contributed by atoms with E-state index >= 15 is 0 Å². The minimum absolute atomic E-state index is 0.0297. The lowest BCUT2D eigenvalue weighted by atomic mass is 10.0. The van der Waals surface area contributed by atoms with Crippen LogP contribution >= 0.6 is 0 Å². The van der Waals surface area contributed by atoms with E-state index in [1.54, 1.807) is 18.9 Å². The van der Waals surface area contributed by atoms with Gasteiger partial charge in [0, 0.05) is 24.5 Å². The topological polar surface area (TPSA) is 49.8 Å². The first-order valence-electron chi connectivity index (χ1n) is 7.11. The lowest BCUT2D eigenvalue weighted by Gasteiger charge is -2.18. The van der Waals surface area contributed by atoms with Gasteiger partial charge in [0.15, 0.2) is 6.61 Å². The van der Waals surface area contributed by atoms with Gasteiger partial charge in [-0.2, -0.15) is 0 Å². The molecule has 1 amide bonds. The molecule has 0 aromatic heterocycles. The van der Waals surface area contributed by atoms with Gasteiger partial charge in [0.25, 0.3) is 5.91 Å². The quantitative estimate of drug-likeness (QED) is 0.920. The van der Waals surface area contributed by atoms with Gasteiger partial charge in [-0.25, -0.2) is 0 Å². The Hall–Kier alpha value is -2.07. The Balaban J connectivity index is 2.36. The third-order valence-corrected chi connectivity index (χ3v) is 3.60. The van der Waals surface area contributed by atoms with Crippen molar-refractivity contribution in [3.63, 3.8) is 0 Å². The Labute approximate surface area is 124 Å². The zero-order valence-electron chi connectivity index (χ0n) is 12.7. The van der Waals surface area contributed by atoms with Crippen molar-refractivity contribution < 1.29 is 14.6 Å². The smallest absolute Gasteiger partial charge is 0.260 e. The van der Waals surface area contributed by atoms with Crippen LogP contribution in [0.1, 0.15) is 25.5 Å². The molecule has 1 atom stereocenters. The molecule has 0 bridgehead atoms. The van der Waals surface area contributed by atoms with E-state index < -0.39 is 6.10 Å². The molecule has 0 saturated heterocycles. The average Bonchev–Trinajstić information content (AvgIpc) is 2.50. The highest BCUT2D eigenvalue weighted by Gasteiger charge is 2.15. The summed E-state index contributed by atoms with van der Waals surface area (Å²) in [6, 6.07) is 11.6. The SMILES string of the molecule is CCN(C)C(=O)COc1c([C@@H](C)O)ccc2ccccc12. The molecule has 0 aliphatic rings. The summed E-state index contributed by atoms with van der Waals surface area (Å²) in [7, 11) is 1.74. The Bertz CT molecular complexity index is 637. The number of ether oxygens (including phenoxy) is 1. The van der Waals surface area contributed by atoms with Crippen molar-refractivity contribution in [2.75, 3.05) is 20.2 Å². The molecule has 112 valence electrons. The number of hydrogen-bond donors (Lipinski definition) is 1. The van der Waals surface area contributed by atoms with Crippen LogP contribution in [-0.4, -0.2) is 36.1 Å². The lowest BCUT2D eigenvalue weighted by Crippen LogP contribution is -2.31. The molecule has 2 aromatic carbocycles. The Morgan fingerprint density at radius 3 is 2.67 bits per heavy atom. The third-order valence-electron chi connectivity index (χ3n) is 3.60. The second kappa shape index (κ2) is 6.59. The highest BCUT2D eigenvalue weighted by atomic mass is 16.5. The van der Waals surface area contributed by atoms with Crippen molar-refractivity contribution in [2.45, 2.75) is 20.0 Å². The fraction of sp³-hybridized carbons (Fsp3) is 0.353. The van der Waals surface area contributed by atoms with Gasteiger partial charge in [-0.15, -0.1) is 0 Å². The van der Waals surface area contributed by atoms with Gasteiger partial charge < -0.3 is 14.7 Å². The van der Waals surface area contributed by atoms with E-state index in [0.29, 0.717) is 17.9 Å². The fourth-order valence-corrected chi connectivity index (χ4v) is 2.17. The number of likely N-dealkylation sites (N-methyl/N-ethyl adjacent to an activating group) is 1. The standard InChI is InChI=1S/C17H21NO3/c1-4-18(3)16(20)11-21-17-14(12(2)19)10-9-13-7-5-6-8-15(13)17/h5-10,12,19H,4,11H2,1-3H3/t12-/m1/s1. The molecule has 0 fully saturated rings. The minimum Gasteiger partial charge on any atom is -0.483 e. The van der Waals surface area contributed by atoms with E-state index in [0.717, 1.165) is 10.8 Å². The van der Waals surface area contributed by atoms with Crippen molar-refractivity contribution >= 4 is 16.7 Å². The van der Waals surface area contributed by atoms with Gasteiger partial charge in [-0.3, -0.25) is 4.79 Å². The summed E-state index contributed by atoms with van der Waals surface area (Å²) in [5.74, 6) is 0.503. The van der Waals surface area contributed by atoms with Gasteiger partial charge in [-0.05, 0) is 19.2 Å². The van der Waals surface area contributed by atoms with E-state index in [1.807, 2.05) is 43.3 Å². The summed E-state index contributed by atoms with van der Waals surface area (Å²) in [5, 5.41) is 11.8. The third kappa shape index (κ3) is 3.34. The van der Waals surface area contributed by atoms with E-state index in [4.69, 9.17) is 4.74 Å². The molecule has 0 unspecified atom stereocenters. The van der Waals surface area contributed by atoms with E-state index in [-0.39, 0.29) is 12.5 Å². The zero-order chi connectivity index (χ0) is 15.4. The van der Waals surface area contributed by atoms with Crippen molar-refractivity contribution in [2.24, 2.45) is 0 Å². The number of nitrogens with zero attached hydrogens (tertiary/aromatic N) is 1. The first kappa shape index (κ1) is 15.3. The number of carbonyl (C=O) groups is 1. The van der Waals surface area contributed by atoms with Crippen LogP contribution in [0.2, 0.25) is 0 Å². The van der Waals surface area contributed by atoms with Crippen LogP contribution in [0.25, 0.3) is 10.8 Å². The van der Waals surface area contributed by atoms with Crippen LogP contribution in [0.5, 0.6) is 5.75 Å². The molecule has 4 heteroatoms. The van der Waals surface area contributed by atoms with Crippen LogP contribution in [0.3, 0.4) is 0 Å². The van der Waals surface area contributed by atoms with Gasteiger partial charge in [-0.1, -0.05) is 36.4 Å². The van der Waals surface area contributed by atoms with Crippen LogP contribution in [0.15, 0.2) is 36.4 Å². The molecule has 2 aromatic rings. The lowest BCUT2D eigenvalue weighted by molar-refractivity contribution is -0.131. The predicted octanol–water partition coefficient (Wildman–Crippen LogP) is 2.75. The van der Waals surface area contributed by atoms with Gasteiger partial charge in [0.05, 0.1) is 6.10 Å². The Morgan fingerprint density at radius 1 is 1.29 bits per heavy atom. The molecule has 4 nitrogen and oxygen atoms in total. The fourth-order valence-electron chi connectivity index (χ4n) is 2.17. The molecule has 0 radical (unpaired) electrons. The van der Waals surface area contributed by atoms with Crippen molar-refractivity contribution in [1.29, 1.82) is 0 Å². The normalized spacial score (nSPS) is 12.2. The van der Waals surface area contributed by atoms with E-state index in [1.165, 1.54) is 0 Å². The van der Waals surface area contributed by atoms with Gasteiger partial charge in [0.1, 0.15) is 5.75 Å². The number of aliphatic hydroxyl groups is 1.